The molecule has 0 radical (unpaired) electrons. The largest absolute Gasteiger partial charge is 0.366 e. The molecular weight excluding hydrogens is 380 g/mol. The molecule has 1 aliphatic rings. The summed E-state index contributed by atoms with van der Waals surface area (Å²) >= 11 is 0. The van der Waals surface area contributed by atoms with Crippen molar-refractivity contribution in [1.29, 1.82) is 0 Å². The number of hydrogen-bond donors (Lipinski definition) is 1. The lowest BCUT2D eigenvalue weighted by Gasteiger charge is -2.37. The van der Waals surface area contributed by atoms with Crippen molar-refractivity contribution in [2.45, 2.75) is 23.9 Å². The summed E-state index contributed by atoms with van der Waals surface area (Å²) in [5, 5.41) is 0. The second-order valence-corrected chi connectivity index (χ2v) is 9.05. The zero-order chi connectivity index (χ0) is 20.4. The maximum Gasteiger partial charge on any atom is 0.241 e. The molecule has 0 saturated heterocycles. The molecule has 3 aromatic rings. The lowest BCUT2D eigenvalue weighted by molar-refractivity contribution is 0.520. The van der Waals surface area contributed by atoms with Crippen molar-refractivity contribution in [3.8, 4) is 0 Å². The number of benzene rings is 3. The first-order chi connectivity index (χ1) is 14.0. The highest BCUT2D eigenvalue weighted by Crippen LogP contribution is 2.33. The van der Waals surface area contributed by atoms with Crippen LogP contribution < -0.4 is 9.62 Å². The molecular formula is C24H24N2O2S. The van der Waals surface area contributed by atoms with Gasteiger partial charge in [-0.2, -0.15) is 0 Å². The average Bonchev–Trinajstić information content (AvgIpc) is 2.74. The van der Waals surface area contributed by atoms with Crippen molar-refractivity contribution in [2.75, 3.05) is 11.9 Å². The average molecular weight is 405 g/mol. The third-order valence-corrected chi connectivity index (χ3v) is 6.83. The van der Waals surface area contributed by atoms with Gasteiger partial charge in [0.1, 0.15) is 0 Å². The van der Waals surface area contributed by atoms with E-state index in [-0.39, 0.29) is 10.9 Å². The summed E-state index contributed by atoms with van der Waals surface area (Å²) in [5.74, 6) is 0. The Bertz CT molecular complexity index is 1120. The fraction of sp³-hybridized carbons (Fsp3) is 0.167. The van der Waals surface area contributed by atoms with Crippen LogP contribution in [0.1, 0.15) is 22.7 Å². The summed E-state index contributed by atoms with van der Waals surface area (Å²) in [6, 6.07) is 24.3. The van der Waals surface area contributed by atoms with Crippen LogP contribution in [0.2, 0.25) is 0 Å². The van der Waals surface area contributed by atoms with Crippen molar-refractivity contribution < 1.29 is 8.42 Å². The zero-order valence-electron chi connectivity index (χ0n) is 16.5. The van der Waals surface area contributed by atoms with Gasteiger partial charge in [-0.25, -0.2) is 13.1 Å². The Labute approximate surface area is 172 Å². The van der Waals surface area contributed by atoms with Crippen LogP contribution in [0, 0.1) is 6.92 Å². The summed E-state index contributed by atoms with van der Waals surface area (Å²) in [6.45, 7) is 1.94. The van der Waals surface area contributed by atoms with E-state index in [1.807, 2.05) is 80.7 Å². The van der Waals surface area contributed by atoms with Crippen LogP contribution in [0.4, 0.5) is 5.69 Å². The number of sulfonamides is 1. The van der Waals surface area contributed by atoms with Crippen molar-refractivity contribution in [3.63, 3.8) is 0 Å². The van der Waals surface area contributed by atoms with E-state index in [0.29, 0.717) is 0 Å². The van der Waals surface area contributed by atoms with Crippen LogP contribution in [0.5, 0.6) is 0 Å². The molecule has 0 bridgehead atoms. The number of likely N-dealkylation sites (N-methyl/N-ethyl adjacent to an activating group) is 1. The Morgan fingerprint density at radius 3 is 2.24 bits per heavy atom. The lowest BCUT2D eigenvalue weighted by atomic mass is 9.89. The molecule has 29 heavy (non-hydrogen) atoms. The number of hydrogen-bond acceptors (Lipinski definition) is 3. The fourth-order valence-electron chi connectivity index (χ4n) is 3.72. The minimum absolute atomic E-state index is 0.160. The Kier molecular flexibility index (Phi) is 5.26. The molecule has 1 aliphatic carbocycles. The first-order valence-corrected chi connectivity index (χ1v) is 11.1. The number of anilines is 1. The van der Waals surface area contributed by atoms with Crippen molar-refractivity contribution >= 4 is 21.8 Å². The number of aryl methyl sites for hydroxylation is 1. The van der Waals surface area contributed by atoms with E-state index in [2.05, 4.69) is 21.8 Å². The number of nitrogens with zero attached hydrogens (tertiary/aromatic N) is 1. The summed E-state index contributed by atoms with van der Waals surface area (Å²) in [5.41, 5.74) is 4.05. The quantitative estimate of drug-likeness (QED) is 0.679. The van der Waals surface area contributed by atoms with Gasteiger partial charge in [0.15, 0.2) is 0 Å². The van der Waals surface area contributed by atoms with Gasteiger partial charge in [-0.05, 0) is 42.3 Å². The van der Waals surface area contributed by atoms with Gasteiger partial charge in [-0.3, -0.25) is 0 Å². The minimum atomic E-state index is -3.68. The Morgan fingerprint density at radius 1 is 0.862 bits per heavy atom. The van der Waals surface area contributed by atoms with Crippen molar-refractivity contribution in [1.82, 2.24) is 4.72 Å². The highest BCUT2D eigenvalue weighted by molar-refractivity contribution is 7.89. The second kappa shape index (κ2) is 7.85. The molecule has 0 saturated carbocycles. The van der Waals surface area contributed by atoms with E-state index < -0.39 is 16.1 Å². The van der Waals surface area contributed by atoms with E-state index in [9.17, 15) is 8.42 Å². The highest BCUT2D eigenvalue weighted by Gasteiger charge is 2.33. The Balaban J connectivity index is 1.73. The van der Waals surface area contributed by atoms with Gasteiger partial charge in [0.25, 0.3) is 0 Å². The highest BCUT2D eigenvalue weighted by atomic mass is 32.2. The number of rotatable bonds is 5. The van der Waals surface area contributed by atoms with Gasteiger partial charge in [0.2, 0.25) is 10.0 Å². The van der Waals surface area contributed by atoms with Crippen LogP contribution in [0.3, 0.4) is 0 Å². The molecule has 4 nitrogen and oxygen atoms in total. The number of para-hydroxylation sites is 1. The molecule has 0 heterocycles. The zero-order valence-corrected chi connectivity index (χ0v) is 17.3. The molecule has 0 fully saturated rings. The van der Waals surface area contributed by atoms with Gasteiger partial charge in [0, 0.05) is 12.7 Å². The first kappa shape index (κ1) is 19.4. The maximum absolute atomic E-state index is 13.2. The normalized spacial score (nSPS) is 18.3. The third kappa shape index (κ3) is 3.97. The van der Waals surface area contributed by atoms with Gasteiger partial charge in [-0.15, -0.1) is 0 Å². The van der Waals surface area contributed by atoms with E-state index in [0.717, 1.165) is 22.4 Å². The molecule has 148 valence electrons. The molecule has 1 unspecified atom stereocenters. The van der Waals surface area contributed by atoms with Crippen LogP contribution in [-0.2, 0) is 10.0 Å². The number of fused-ring (bicyclic) bond motifs is 1. The van der Waals surface area contributed by atoms with E-state index in [1.165, 1.54) is 0 Å². The SMILES string of the molecule is Cc1ccc(S(=O)(=O)N[C@@H]2c3ccccc3C=CC2N(C)c2ccccc2)cc1. The smallest absolute Gasteiger partial charge is 0.241 e. The van der Waals surface area contributed by atoms with E-state index in [4.69, 9.17) is 0 Å². The molecule has 4 rings (SSSR count). The second-order valence-electron chi connectivity index (χ2n) is 7.34. The molecule has 0 amide bonds. The predicted octanol–water partition coefficient (Wildman–Crippen LogP) is 4.55. The van der Waals surface area contributed by atoms with E-state index >= 15 is 0 Å². The van der Waals surface area contributed by atoms with Crippen molar-refractivity contribution in [3.05, 3.63) is 102 Å². The molecule has 0 aliphatic heterocycles. The number of nitrogens with one attached hydrogen (secondary N) is 1. The molecule has 0 aromatic heterocycles. The summed E-state index contributed by atoms with van der Waals surface area (Å²) in [7, 11) is -1.69. The standard InChI is InChI=1S/C24H24N2O2S/c1-18-12-15-21(16-13-18)29(27,28)25-24-22-11-7-6-8-19(22)14-17-23(24)26(2)20-9-4-3-5-10-20/h3-17,23-25H,1-2H3/t23?,24-/m1/s1. The summed E-state index contributed by atoms with van der Waals surface area (Å²) < 4.78 is 29.3. The Morgan fingerprint density at radius 2 is 1.52 bits per heavy atom. The van der Waals surface area contributed by atoms with Crippen LogP contribution in [-0.4, -0.2) is 21.5 Å². The molecule has 1 N–H and O–H groups in total. The minimum Gasteiger partial charge on any atom is -0.366 e. The Hall–Kier alpha value is -2.89. The van der Waals surface area contributed by atoms with Crippen LogP contribution in [0.25, 0.3) is 6.08 Å². The topological polar surface area (TPSA) is 49.4 Å². The van der Waals surface area contributed by atoms with Crippen molar-refractivity contribution in [2.24, 2.45) is 0 Å². The third-order valence-electron chi connectivity index (χ3n) is 5.37. The molecule has 3 aromatic carbocycles. The molecule has 0 spiro atoms. The van der Waals surface area contributed by atoms with Gasteiger partial charge in [0.05, 0.1) is 17.0 Å². The fourth-order valence-corrected chi connectivity index (χ4v) is 4.95. The predicted molar refractivity (Wildman–Crippen MR) is 118 cm³/mol. The maximum atomic E-state index is 13.2. The monoisotopic (exact) mass is 404 g/mol. The molecule has 2 atom stereocenters. The van der Waals surface area contributed by atoms with Crippen LogP contribution in [0.15, 0.2) is 89.8 Å². The van der Waals surface area contributed by atoms with E-state index in [1.54, 1.807) is 12.1 Å². The lowest BCUT2D eigenvalue weighted by Crippen LogP contribution is -2.45. The van der Waals surface area contributed by atoms with Gasteiger partial charge >= 0.3 is 0 Å². The first-order valence-electron chi connectivity index (χ1n) is 9.60. The van der Waals surface area contributed by atoms with Gasteiger partial charge < -0.3 is 4.90 Å². The molecule has 5 heteroatoms. The summed E-state index contributed by atoms with van der Waals surface area (Å²) in [4.78, 5) is 2.38. The van der Waals surface area contributed by atoms with Gasteiger partial charge in [-0.1, -0.05) is 72.3 Å². The summed E-state index contributed by atoms with van der Waals surface area (Å²) in [6.07, 6.45) is 4.13. The van der Waals surface area contributed by atoms with Crippen LogP contribution >= 0.6 is 0 Å².